The average Bonchev–Trinajstić information content (AvgIpc) is 3.08. The van der Waals surface area contributed by atoms with Crippen molar-refractivity contribution in [1.82, 2.24) is 10.2 Å². The number of nitrogens with one attached hydrogen (secondary N) is 1. The molecule has 0 radical (unpaired) electrons. The van der Waals surface area contributed by atoms with Gasteiger partial charge >= 0.3 is 0 Å². The number of amides is 2. The molecule has 5 rings (SSSR count). The van der Waals surface area contributed by atoms with Crippen molar-refractivity contribution >= 4 is 39.1 Å². The Morgan fingerprint density at radius 1 is 0.875 bits per heavy atom. The molecule has 1 N–H and O–H groups in total. The molecule has 4 aromatic carbocycles. The Balaban J connectivity index is 1.59. The zero-order valence-electron chi connectivity index (χ0n) is 27.2. The molecule has 10 heteroatoms. The van der Waals surface area contributed by atoms with Gasteiger partial charge in [0.05, 0.1) is 10.6 Å². The van der Waals surface area contributed by atoms with Crippen molar-refractivity contribution < 1.29 is 22.4 Å². The van der Waals surface area contributed by atoms with Crippen molar-refractivity contribution in [1.29, 1.82) is 0 Å². The first-order valence-corrected chi connectivity index (χ1v) is 18.1. The number of anilines is 1. The molecule has 7 nitrogen and oxygen atoms in total. The van der Waals surface area contributed by atoms with Gasteiger partial charge in [0.2, 0.25) is 11.8 Å². The predicted molar refractivity (Wildman–Crippen MR) is 188 cm³/mol. The lowest BCUT2D eigenvalue weighted by molar-refractivity contribution is -0.140. The van der Waals surface area contributed by atoms with E-state index in [0.29, 0.717) is 10.6 Å². The summed E-state index contributed by atoms with van der Waals surface area (Å²) in [4.78, 5) is 30.2. The molecule has 0 heterocycles. The summed E-state index contributed by atoms with van der Waals surface area (Å²) in [6, 6.07) is 25.5. The lowest BCUT2D eigenvalue weighted by atomic mass is 9.94. The number of sulfonamides is 1. The third-order valence-electron chi connectivity index (χ3n) is 8.92. The summed E-state index contributed by atoms with van der Waals surface area (Å²) in [6.45, 7) is 2.65. The molecule has 0 spiro atoms. The summed E-state index contributed by atoms with van der Waals surface area (Å²) in [6.07, 6.45) is 4.92. The van der Waals surface area contributed by atoms with Crippen molar-refractivity contribution in [2.75, 3.05) is 10.8 Å². The van der Waals surface area contributed by atoms with E-state index in [4.69, 9.17) is 11.6 Å². The Bertz CT molecular complexity index is 1830. The minimum Gasteiger partial charge on any atom is -0.352 e. The third-order valence-corrected chi connectivity index (χ3v) is 11.1. The minimum absolute atomic E-state index is 0.00296. The highest BCUT2D eigenvalue weighted by atomic mass is 35.5. The van der Waals surface area contributed by atoms with Crippen LogP contribution in [0.15, 0.2) is 102 Å². The number of carbonyl (C=O) groups excluding carboxylic acids is 2. The van der Waals surface area contributed by atoms with E-state index in [1.165, 1.54) is 23.1 Å². The van der Waals surface area contributed by atoms with Crippen LogP contribution < -0.4 is 9.62 Å². The van der Waals surface area contributed by atoms with Gasteiger partial charge in [-0.3, -0.25) is 13.9 Å². The van der Waals surface area contributed by atoms with Gasteiger partial charge in [0.1, 0.15) is 18.4 Å². The highest BCUT2D eigenvalue weighted by Gasteiger charge is 2.36. The monoisotopic (exact) mass is 689 g/mol. The van der Waals surface area contributed by atoms with Crippen LogP contribution in [-0.4, -0.2) is 43.8 Å². The molecule has 0 aliphatic heterocycles. The second-order valence-electron chi connectivity index (χ2n) is 12.4. The SMILES string of the molecule is Cc1ccc(S(=O)(=O)N(CC(=O)N(Cc2ccccc2F)[C@H](Cc2ccccc2)C(=O)NC2CCCCC2)c2cccc(Cl)c2C)cc1. The normalized spacial score (nSPS) is 14.2. The van der Waals surface area contributed by atoms with Crippen LogP contribution in [0.4, 0.5) is 10.1 Å². The first kappa shape index (κ1) is 35.1. The van der Waals surface area contributed by atoms with Crippen LogP contribution >= 0.6 is 11.6 Å². The Labute approximate surface area is 287 Å². The molecule has 0 bridgehead atoms. The number of benzene rings is 4. The van der Waals surface area contributed by atoms with E-state index in [0.717, 1.165) is 47.5 Å². The number of aryl methyl sites for hydroxylation is 1. The van der Waals surface area contributed by atoms with E-state index in [-0.39, 0.29) is 41.1 Å². The molecule has 0 saturated heterocycles. The van der Waals surface area contributed by atoms with E-state index < -0.39 is 34.3 Å². The second-order valence-corrected chi connectivity index (χ2v) is 14.6. The second kappa shape index (κ2) is 15.8. The number of nitrogens with zero attached hydrogens (tertiary/aromatic N) is 2. The first-order chi connectivity index (χ1) is 23.0. The smallest absolute Gasteiger partial charge is 0.264 e. The highest BCUT2D eigenvalue weighted by Crippen LogP contribution is 2.32. The number of rotatable bonds is 12. The summed E-state index contributed by atoms with van der Waals surface area (Å²) in [5.74, 6) is -1.55. The van der Waals surface area contributed by atoms with Crippen molar-refractivity contribution in [3.63, 3.8) is 0 Å². The van der Waals surface area contributed by atoms with Gasteiger partial charge in [0.15, 0.2) is 0 Å². The zero-order valence-corrected chi connectivity index (χ0v) is 28.8. The quantitative estimate of drug-likeness (QED) is 0.168. The molecule has 1 saturated carbocycles. The van der Waals surface area contributed by atoms with E-state index in [1.807, 2.05) is 37.3 Å². The summed E-state index contributed by atoms with van der Waals surface area (Å²) < 4.78 is 44.8. The molecule has 2 amide bonds. The van der Waals surface area contributed by atoms with Gasteiger partial charge < -0.3 is 10.2 Å². The zero-order chi connectivity index (χ0) is 34.3. The Morgan fingerprint density at radius 3 is 2.23 bits per heavy atom. The summed E-state index contributed by atoms with van der Waals surface area (Å²) in [5, 5.41) is 3.50. The fourth-order valence-corrected chi connectivity index (χ4v) is 7.77. The van der Waals surface area contributed by atoms with Crippen molar-refractivity contribution in [3.05, 3.63) is 130 Å². The van der Waals surface area contributed by atoms with E-state index in [9.17, 15) is 18.0 Å². The van der Waals surface area contributed by atoms with Crippen LogP contribution in [0.25, 0.3) is 0 Å². The molecule has 1 aliphatic rings. The van der Waals surface area contributed by atoms with Crippen LogP contribution in [0, 0.1) is 19.7 Å². The third kappa shape index (κ3) is 8.44. The maximum absolute atomic E-state index is 15.2. The standard InChI is InChI=1S/C38H41ClFN3O4S/c1-27-20-22-32(23-21-27)48(46,47)43(35-19-11-17-33(39)28(35)2)26-37(44)42(25-30-14-9-10-18-34(30)40)36(24-29-12-5-3-6-13-29)38(45)41-31-15-7-4-8-16-31/h3,5-6,9-14,17-23,31,36H,4,7-8,15-16,24-26H2,1-2H3,(H,41,45)/t36-/m1/s1. The van der Waals surface area contributed by atoms with Crippen molar-refractivity contribution in [2.24, 2.45) is 0 Å². The topological polar surface area (TPSA) is 86.8 Å². The number of carbonyl (C=O) groups is 2. The number of hydrogen-bond donors (Lipinski definition) is 1. The molecule has 0 unspecified atom stereocenters. The number of halogens is 2. The maximum Gasteiger partial charge on any atom is 0.264 e. The van der Waals surface area contributed by atoms with Crippen LogP contribution in [0.1, 0.15) is 54.4 Å². The van der Waals surface area contributed by atoms with Gasteiger partial charge in [0, 0.05) is 29.6 Å². The fourth-order valence-electron chi connectivity index (χ4n) is 6.13. The van der Waals surface area contributed by atoms with Gasteiger partial charge in [-0.05, 0) is 68.1 Å². The minimum atomic E-state index is -4.29. The fraction of sp³-hybridized carbons (Fsp3) is 0.316. The number of hydrogen-bond acceptors (Lipinski definition) is 4. The largest absolute Gasteiger partial charge is 0.352 e. The molecule has 0 aromatic heterocycles. The van der Waals surface area contributed by atoms with Crippen molar-refractivity contribution in [2.45, 2.75) is 75.9 Å². The van der Waals surface area contributed by atoms with E-state index in [1.54, 1.807) is 55.5 Å². The Morgan fingerprint density at radius 2 is 1.54 bits per heavy atom. The molecule has 4 aromatic rings. The Hall–Kier alpha value is -4.21. The van der Waals surface area contributed by atoms with Gasteiger partial charge in [0.25, 0.3) is 10.0 Å². The van der Waals surface area contributed by atoms with Gasteiger partial charge in [-0.1, -0.05) is 103 Å². The van der Waals surface area contributed by atoms with Gasteiger partial charge in [-0.2, -0.15) is 0 Å². The van der Waals surface area contributed by atoms with Crippen LogP contribution in [0.3, 0.4) is 0 Å². The van der Waals surface area contributed by atoms with Crippen LogP contribution in [0.5, 0.6) is 0 Å². The predicted octanol–water partition coefficient (Wildman–Crippen LogP) is 7.38. The van der Waals surface area contributed by atoms with Crippen molar-refractivity contribution in [3.8, 4) is 0 Å². The summed E-state index contributed by atoms with van der Waals surface area (Å²) in [5.41, 5.74) is 2.59. The maximum atomic E-state index is 15.2. The summed E-state index contributed by atoms with van der Waals surface area (Å²) in [7, 11) is -4.29. The molecule has 48 heavy (non-hydrogen) atoms. The average molecular weight is 690 g/mol. The molecule has 1 fully saturated rings. The Kier molecular flexibility index (Phi) is 11.5. The molecular weight excluding hydrogens is 649 g/mol. The lowest BCUT2D eigenvalue weighted by Crippen LogP contribution is -2.55. The highest BCUT2D eigenvalue weighted by molar-refractivity contribution is 7.92. The van der Waals surface area contributed by atoms with E-state index >= 15 is 4.39 Å². The molecule has 1 atom stereocenters. The van der Waals surface area contributed by atoms with Gasteiger partial charge in [-0.25, -0.2) is 12.8 Å². The first-order valence-electron chi connectivity index (χ1n) is 16.3. The van der Waals surface area contributed by atoms with Gasteiger partial charge in [-0.15, -0.1) is 0 Å². The molecule has 252 valence electrons. The van der Waals surface area contributed by atoms with Crippen LogP contribution in [-0.2, 0) is 32.6 Å². The molecular formula is C38H41ClFN3O4S. The molecule has 1 aliphatic carbocycles. The lowest BCUT2D eigenvalue weighted by Gasteiger charge is -2.35. The summed E-state index contributed by atoms with van der Waals surface area (Å²) >= 11 is 6.46. The van der Waals surface area contributed by atoms with E-state index in [2.05, 4.69) is 5.32 Å². The van der Waals surface area contributed by atoms with Crippen LogP contribution in [0.2, 0.25) is 5.02 Å².